The standard InChI is InChI=1S/C20H28FNO5/c1-19(2,3)27-18(23)22-14-9-20(24,10-15(22)12-26-11-14)8-13-5-6-17(25-4)16(21)7-13/h5-7,14-15,24H,8-12H2,1-4H3. The highest BCUT2D eigenvalue weighted by atomic mass is 19.1. The molecule has 1 aromatic carbocycles. The lowest BCUT2D eigenvalue weighted by atomic mass is 9.77. The molecule has 0 aliphatic carbocycles. The monoisotopic (exact) mass is 381 g/mol. The van der Waals surface area contributed by atoms with Gasteiger partial charge in [-0.2, -0.15) is 0 Å². The third-order valence-electron chi connectivity index (χ3n) is 4.99. The molecule has 3 rings (SSSR count). The topological polar surface area (TPSA) is 68.2 Å². The van der Waals surface area contributed by atoms with E-state index in [4.69, 9.17) is 14.2 Å². The maximum absolute atomic E-state index is 14.0. The van der Waals surface area contributed by atoms with Gasteiger partial charge in [0.1, 0.15) is 5.60 Å². The number of nitrogens with zero attached hydrogens (tertiary/aromatic N) is 1. The van der Waals surface area contributed by atoms with E-state index in [2.05, 4.69) is 0 Å². The summed E-state index contributed by atoms with van der Waals surface area (Å²) in [5, 5.41) is 11.2. The lowest BCUT2D eigenvalue weighted by molar-refractivity contribution is -0.137. The number of rotatable bonds is 3. The second-order valence-electron chi connectivity index (χ2n) is 8.51. The van der Waals surface area contributed by atoms with Gasteiger partial charge in [-0.25, -0.2) is 9.18 Å². The number of hydrogen-bond acceptors (Lipinski definition) is 5. The number of methoxy groups -OCH3 is 1. The summed E-state index contributed by atoms with van der Waals surface area (Å²) >= 11 is 0. The number of aliphatic hydroxyl groups is 1. The van der Waals surface area contributed by atoms with Crippen LogP contribution in [0.4, 0.5) is 9.18 Å². The van der Waals surface area contributed by atoms with E-state index in [-0.39, 0.29) is 23.9 Å². The van der Waals surface area contributed by atoms with Crippen LogP contribution < -0.4 is 4.74 Å². The van der Waals surface area contributed by atoms with Gasteiger partial charge >= 0.3 is 6.09 Å². The zero-order chi connectivity index (χ0) is 19.8. The minimum absolute atomic E-state index is 0.177. The molecule has 2 atom stereocenters. The zero-order valence-corrected chi connectivity index (χ0v) is 16.3. The van der Waals surface area contributed by atoms with Crippen molar-refractivity contribution < 1.29 is 28.5 Å². The van der Waals surface area contributed by atoms with E-state index in [1.54, 1.807) is 17.0 Å². The highest BCUT2D eigenvalue weighted by molar-refractivity contribution is 5.69. The predicted octanol–water partition coefficient (Wildman–Crippen LogP) is 2.91. The molecule has 2 aliphatic heterocycles. The van der Waals surface area contributed by atoms with Crippen molar-refractivity contribution in [1.29, 1.82) is 0 Å². The molecular weight excluding hydrogens is 353 g/mol. The van der Waals surface area contributed by atoms with E-state index in [1.807, 2.05) is 20.8 Å². The molecular formula is C20H28FNO5. The van der Waals surface area contributed by atoms with E-state index in [0.717, 1.165) is 0 Å². The van der Waals surface area contributed by atoms with Crippen LogP contribution in [-0.2, 0) is 15.9 Å². The number of piperidine rings is 1. The SMILES string of the molecule is COc1ccc(CC2(O)CC3COCC(C2)N3C(=O)OC(C)(C)C)cc1F. The summed E-state index contributed by atoms with van der Waals surface area (Å²) in [5.74, 6) is -0.274. The fourth-order valence-electron chi connectivity index (χ4n) is 4.03. The van der Waals surface area contributed by atoms with Crippen LogP contribution in [0.15, 0.2) is 18.2 Å². The maximum atomic E-state index is 14.0. The third kappa shape index (κ3) is 4.52. The van der Waals surface area contributed by atoms with E-state index in [9.17, 15) is 14.3 Å². The van der Waals surface area contributed by atoms with E-state index in [1.165, 1.54) is 13.2 Å². The van der Waals surface area contributed by atoms with Crippen LogP contribution in [0.2, 0.25) is 0 Å². The molecule has 0 aromatic heterocycles. The van der Waals surface area contributed by atoms with Crippen molar-refractivity contribution in [2.24, 2.45) is 0 Å². The molecule has 2 fully saturated rings. The first-order valence-corrected chi connectivity index (χ1v) is 9.24. The molecule has 2 bridgehead atoms. The molecule has 1 aromatic rings. The summed E-state index contributed by atoms with van der Waals surface area (Å²) in [6, 6.07) is 4.18. The van der Waals surface area contributed by atoms with E-state index < -0.39 is 17.0 Å². The molecule has 2 aliphatic rings. The fraction of sp³-hybridized carbons (Fsp3) is 0.650. The van der Waals surface area contributed by atoms with Crippen LogP contribution in [0.1, 0.15) is 39.2 Å². The summed E-state index contributed by atoms with van der Waals surface area (Å²) in [6.45, 7) is 6.20. The van der Waals surface area contributed by atoms with Gasteiger partial charge in [0, 0.05) is 6.42 Å². The first-order chi connectivity index (χ1) is 12.6. The quantitative estimate of drug-likeness (QED) is 0.872. The molecule has 0 saturated carbocycles. The highest BCUT2D eigenvalue weighted by Gasteiger charge is 2.49. The number of hydrogen-bond donors (Lipinski definition) is 1. The van der Waals surface area contributed by atoms with Gasteiger partial charge in [-0.1, -0.05) is 6.07 Å². The molecule has 1 amide bonds. The van der Waals surface area contributed by atoms with E-state index >= 15 is 0 Å². The molecule has 2 unspecified atom stereocenters. The zero-order valence-electron chi connectivity index (χ0n) is 16.3. The second-order valence-corrected chi connectivity index (χ2v) is 8.51. The molecule has 2 heterocycles. The molecule has 7 heteroatoms. The van der Waals surface area contributed by atoms with Crippen LogP contribution >= 0.6 is 0 Å². The largest absolute Gasteiger partial charge is 0.494 e. The predicted molar refractivity (Wildman–Crippen MR) is 97.3 cm³/mol. The lowest BCUT2D eigenvalue weighted by Gasteiger charge is -2.51. The molecule has 27 heavy (non-hydrogen) atoms. The number of benzene rings is 1. The highest BCUT2D eigenvalue weighted by Crippen LogP contribution is 2.37. The molecule has 0 radical (unpaired) electrons. The van der Waals surface area contributed by atoms with Crippen molar-refractivity contribution in [1.82, 2.24) is 4.90 Å². The summed E-state index contributed by atoms with van der Waals surface area (Å²) in [7, 11) is 1.42. The number of fused-ring (bicyclic) bond motifs is 2. The van der Waals surface area contributed by atoms with Crippen LogP contribution in [0, 0.1) is 5.82 Å². The Morgan fingerprint density at radius 1 is 1.33 bits per heavy atom. The van der Waals surface area contributed by atoms with Gasteiger partial charge < -0.3 is 19.3 Å². The Labute approximate surface area is 159 Å². The second kappa shape index (κ2) is 7.28. The minimum atomic E-state index is -1.03. The van der Waals surface area contributed by atoms with Crippen molar-refractivity contribution >= 4 is 6.09 Å². The van der Waals surface area contributed by atoms with Gasteiger partial charge in [-0.15, -0.1) is 0 Å². The fourth-order valence-corrected chi connectivity index (χ4v) is 4.03. The molecule has 150 valence electrons. The van der Waals surface area contributed by atoms with E-state index in [0.29, 0.717) is 38.0 Å². The first-order valence-electron chi connectivity index (χ1n) is 9.24. The normalized spacial score (nSPS) is 28.0. The van der Waals surface area contributed by atoms with Crippen molar-refractivity contribution in [3.63, 3.8) is 0 Å². The Bertz CT molecular complexity index is 688. The summed E-state index contributed by atoms with van der Waals surface area (Å²) in [4.78, 5) is 14.3. The first kappa shape index (κ1) is 19.9. The number of amides is 1. The van der Waals surface area contributed by atoms with Gasteiger partial charge in [-0.3, -0.25) is 4.90 Å². The Kier molecular flexibility index (Phi) is 5.36. The summed E-state index contributed by atoms with van der Waals surface area (Å²) < 4.78 is 30.1. The van der Waals surface area contributed by atoms with Crippen LogP contribution in [0.25, 0.3) is 0 Å². The van der Waals surface area contributed by atoms with Crippen LogP contribution in [0.3, 0.4) is 0 Å². The molecule has 6 nitrogen and oxygen atoms in total. The molecule has 2 saturated heterocycles. The lowest BCUT2D eigenvalue weighted by Crippen LogP contribution is -2.64. The van der Waals surface area contributed by atoms with Gasteiger partial charge in [0.2, 0.25) is 0 Å². The van der Waals surface area contributed by atoms with Crippen molar-refractivity contribution in [2.45, 2.75) is 63.3 Å². The van der Waals surface area contributed by atoms with Crippen LogP contribution in [-0.4, -0.2) is 59.7 Å². The number of ether oxygens (including phenoxy) is 3. The van der Waals surface area contributed by atoms with Gasteiger partial charge in [0.15, 0.2) is 11.6 Å². The Morgan fingerprint density at radius 3 is 2.48 bits per heavy atom. The van der Waals surface area contributed by atoms with Crippen molar-refractivity contribution in [3.05, 3.63) is 29.6 Å². The summed E-state index contributed by atoms with van der Waals surface area (Å²) in [6.07, 6.45) is 0.647. The third-order valence-corrected chi connectivity index (χ3v) is 4.99. The van der Waals surface area contributed by atoms with Crippen molar-refractivity contribution in [2.75, 3.05) is 20.3 Å². The number of halogens is 1. The van der Waals surface area contributed by atoms with Crippen molar-refractivity contribution in [3.8, 4) is 5.75 Å². The number of carbonyl (C=O) groups is 1. The smallest absolute Gasteiger partial charge is 0.410 e. The minimum Gasteiger partial charge on any atom is -0.494 e. The number of carbonyl (C=O) groups excluding carboxylic acids is 1. The average Bonchev–Trinajstić information content (AvgIpc) is 2.52. The van der Waals surface area contributed by atoms with Crippen LogP contribution in [0.5, 0.6) is 5.75 Å². The summed E-state index contributed by atoms with van der Waals surface area (Å²) in [5.41, 5.74) is -0.917. The Balaban J connectivity index is 1.75. The average molecular weight is 381 g/mol. The number of morpholine rings is 1. The molecule has 1 N–H and O–H groups in total. The Morgan fingerprint density at radius 2 is 1.96 bits per heavy atom. The molecule has 0 spiro atoms. The maximum Gasteiger partial charge on any atom is 0.410 e. The van der Waals surface area contributed by atoms with Gasteiger partial charge in [0.25, 0.3) is 0 Å². The van der Waals surface area contributed by atoms with Gasteiger partial charge in [-0.05, 0) is 51.3 Å². The Hall–Kier alpha value is -1.86. The van der Waals surface area contributed by atoms with Gasteiger partial charge in [0.05, 0.1) is 38.0 Å².